The minimum atomic E-state index is -0.231. The number of hydrogen-bond acceptors (Lipinski definition) is 4. The van der Waals surface area contributed by atoms with E-state index in [-0.39, 0.29) is 18.5 Å². The zero-order valence-corrected chi connectivity index (χ0v) is 17.5. The van der Waals surface area contributed by atoms with Gasteiger partial charge in [-0.3, -0.25) is 9.69 Å². The van der Waals surface area contributed by atoms with Crippen molar-refractivity contribution in [3.63, 3.8) is 0 Å². The number of hydrogen-bond donors (Lipinski definition) is 1. The molecule has 0 aliphatic carbocycles. The smallest absolute Gasteiger partial charge is 0.325 e. The molecule has 0 saturated carbocycles. The predicted octanol–water partition coefficient (Wildman–Crippen LogP) is 4.01. The fourth-order valence-corrected chi connectivity index (χ4v) is 3.99. The Morgan fingerprint density at radius 1 is 0.875 bits per heavy atom. The number of nitrogens with zero attached hydrogens (tertiary/aromatic N) is 2. The van der Waals surface area contributed by atoms with Gasteiger partial charge in [-0.05, 0) is 23.8 Å². The standard InChI is InChI=1S/C25H23N3O4/c29-24(26-21-9-5-4-8-20(21)18-6-2-1-3-7-18)17-27-12-13-28(25(27)30)19-10-11-22-23(16-19)32-15-14-31-22/h1-11,16H,12-15,17H2,(H,26,29). The highest BCUT2D eigenvalue weighted by Gasteiger charge is 2.31. The number of para-hydroxylation sites is 1. The van der Waals surface area contributed by atoms with Gasteiger partial charge in [-0.1, -0.05) is 48.5 Å². The van der Waals surface area contributed by atoms with E-state index >= 15 is 0 Å². The fourth-order valence-electron chi connectivity index (χ4n) is 3.99. The van der Waals surface area contributed by atoms with E-state index in [9.17, 15) is 9.59 Å². The average Bonchev–Trinajstić information content (AvgIpc) is 3.19. The number of nitrogens with one attached hydrogen (secondary N) is 1. The number of ether oxygens (including phenoxy) is 2. The van der Waals surface area contributed by atoms with Crippen molar-refractivity contribution in [1.82, 2.24) is 4.90 Å². The first-order valence-electron chi connectivity index (χ1n) is 10.6. The Morgan fingerprint density at radius 2 is 1.62 bits per heavy atom. The van der Waals surface area contributed by atoms with Crippen LogP contribution < -0.4 is 19.7 Å². The summed E-state index contributed by atoms with van der Waals surface area (Å²) in [4.78, 5) is 28.9. The van der Waals surface area contributed by atoms with Gasteiger partial charge in [-0.15, -0.1) is 0 Å². The molecule has 2 heterocycles. The maximum absolute atomic E-state index is 13.0. The number of anilines is 2. The average molecular weight is 429 g/mol. The minimum absolute atomic E-state index is 0.0109. The molecule has 1 N–H and O–H groups in total. The third-order valence-electron chi connectivity index (χ3n) is 5.55. The van der Waals surface area contributed by atoms with Crippen LogP contribution in [-0.2, 0) is 4.79 Å². The second-order valence-corrected chi connectivity index (χ2v) is 7.64. The van der Waals surface area contributed by atoms with Crippen LogP contribution in [0.4, 0.5) is 16.2 Å². The van der Waals surface area contributed by atoms with Crippen molar-refractivity contribution >= 4 is 23.3 Å². The number of carbonyl (C=O) groups excluding carboxylic acids is 2. The second-order valence-electron chi connectivity index (χ2n) is 7.64. The van der Waals surface area contributed by atoms with Crippen LogP contribution in [0.5, 0.6) is 11.5 Å². The van der Waals surface area contributed by atoms with Crippen LogP contribution in [0, 0.1) is 0 Å². The molecule has 1 fully saturated rings. The molecule has 2 aliphatic heterocycles. The summed E-state index contributed by atoms with van der Waals surface area (Å²) in [5.74, 6) is 1.08. The molecule has 0 unspecified atom stereocenters. The van der Waals surface area contributed by atoms with Gasteiger partial charge in [0, 0.05) is 36.1 Å². The normalized spacial score (nSPS) is 15.1. The number of urea groups is 1. The zero-order chi connectivity index (χ0) is 21.9. The maximum Gasteiger partial charge on any atom is 0.325 e. The largest absolute Gasteiger partial charge is 0.486 e. The molecule has 7 heteroatoms. The molecule has 2 aliphatic rings. The third-order valence-corrected chi connectivity index (χ3v) is 5.55. The van der Waals surface area contributed by atoms with Crippen molar-refractivity contribution < 1.29 is 19.1 Å². The van der Waals surface area contributed by atoms with Gasteiger partial charge in [0.25, 0.3) is 0 Å². The lowest BCUT2D eigenvalue weighted by molar-refractivity contribution is -0.116. The quantitative estimate of drug-likeness (QED) is 0.665. The Hall–Kier alpha value is -4.00. The van der Waals surface area contributed by atoms with Crippen LogP contribution in [0.3, 0.4) is 0 Å². The first kappa shape index (κ1) is 19.9. The summed E-state index contributed by atoms with van der Waals surface area (Å²) >= 11 is 0. The molecule has 0 spiro atoms. The molecular weight excluding hydrogens is 406 g/mol. The summed E-state index contributed by atoms with van der Waals surface area (Å²) in [6.07, 6.45) is 0. The Labute approximate surface area is 186 Å². The fraction of sp³-hybridized carbons (Fsp3) is 0.200. The molecule has 5 rings (SSSR count). The van der Waals surface area contributed by atoms with Gasteiger partial charge in [0.15, 0.2) is 11.5 Å². The predicted molar refractivity (Wildman–Crippen MR) is 122 cm³/mol. The molecule has 1 saturated heterocycles. The van der Waals surface area contributed by atoms with Crippen molar-refractivity contribution in [3.05, 3.63) is 72.8 Å². The van der Waals surface area contributed by atoms with Gasteiger partial charge in [0.2, 0.25) is 5.91 Å². The van der Waals surface area contributed by atoms with Gasteiger partial charge >= 0.3 is 6.03 Å². The first-order chi connectivity index (χ1) is 15.7. The lowest BCUT2D eigenvalue weighted by atomic mass is 10.0. The molecule has 3 amide bonds. The highest BCUT2D eigenvalue weighted by molar-refractivity contribution is 6.01. The van der Waals surface area contributed by atoms with Crippen molar-refractivity contribution in [1.29, 1.82) is 0 Å². The number of carbonyl (C=O) groups is 2. The monoisotopic (exact) mass is 429 g/mol. The van der Waals surface area contributed by atoms with E-state index in [0.717, 1.165) is 22.5 Å². The van der Waals surface area contributed by atoms with Crippen molar-refractivity contribution in [2.75, 3.05) is 43.1 Å². The second kappa shape index (κ2) is 8.63. The Kier molecular flexibility index (Phi) is 5.37. The summed E-state index contributed by atoms with van der Waals surface area (Å²) in [6, 6.07) is 22.8. The van der Waals surface area contributed by atoms with Crippen molar-refractivity contribution in [3.8, 4) is 22.6 Å². The molecule has 7 nitrogen and oxygen atoms in total. The molecule has 162 valence electrons. The molecule has 0 radical (unpaired) electrons. The molecule has 3 aromatic carbocycles. The maximum atomic E-state index is 13.0. The highest BCUT2D eigenvalue weighted by atomic mass is 16.6. The first-order valence-corrected chi connectivity index (χ1v) is 10.6. The van der Waals surface area contributed by atoms with E-state index in [0.29, 0.717) is 37.8 Å². The summed E-state index contributed by atoms with van der Waals surface area (Å²) in [7, 11) is 0. The van der Waals surface area contributed by atoms with E-state index in [4.69, 9.17) is 9.47 Å². The topological polar surface area (TPSA) is 71.1 Å². The molecule has 0 bridgehead atoms. The summed E-state index contributed by atoms with van der Waals surface area (Å²) in [5, 5.41) is 2.96. The van der Waals surface area contributed by atoms with Gasteiger partial charge in [-0.2, -0.15) is 0 Å². The van der Waals surface area contributed by atoms with Gasteiger partial charge in [-0.25, -0.2) is 4.79 Å². The van der Waals surface area contributed by atoms with E-state index in [1.807, 2.05) is 72.8 Å². The number of fused-ring (bicyclic) bond motifs is 1. The number of benzene rings is 3. The van der Waals surface area contributed by atoms with Crippen LogP contribution in [0.15, 0.2) is 72.8 Å². The lowest BCUT2D eigenvalue weighted by Crippen LogP contribution is -2.37. The van der Waals surface area contributed by atoms with Crippen LogP contribution in [0.2, 0.25) is 0 Å². The Bertz CT molecular complexity index is 1150. The third kappa shape index (κ3) is 3.97. The van der Waals surface area contributed by atoms with Crippen LogP contribution in [0.1, 0.15) is 0 Å². The molecule has 32 heavy (non-hydrogen) atoms. The van der Waals surface area contributed by atoms with E-state index in [1.165, 1.54) is 0 Å². The summed E-state index contributed by atoms with van der Waals surface area (Å²) < 4.78 is 11.2. The lowest BCUT2D eigenvalue weighted by Gasteiger charge is -2.22. The van der Waals surface area contributed by atoms with Crippen molar-refractivity contribution in [2.45, 2.75) is 0 Å². The SMILES string of the molecule is O=C(CN1CCN(c2ccc3c(c2)OCCO3)C1=O)Nc1ccccc1-c1ccccc1. The molecular formula is C25H23N3O4. The van der Waals surface area contributed by atoms with Crippen molar-refractivity contribution in [2.24, 2.45) is 0 Å². The summed E-state index contributed by atoms with van der Waals surface area (Å²) in [6.45, 7) is 1.98. The van der Waals surface area contributed by atoms with Gasteiger partial charge in [0.1, 0.15) is 19.8 Å². The Morgan fingerprint density at radius 3 is 2.47 bits per heavy atom. The van der Waals surface area contributed by atoms with Crippen LogP contribution in [-0.4, -0.2) is 49.7 Å². The van der Waals surface area contributed by atoms with Gasteiger partial charge in [0.05, 0.1) is 0 Å². The molecule has 0 aromatic heterocycles. The van der Waals surface area contributed by atoms with E-state index in [1.54, 1.807) is 9.80 Å². The summed E-state index contributed by atoms with van der Waals surface area (Å²) in [5.41, 5.74) is 3.41. The highest BCUT2D eigenvalue weighted by Crippen LogP contribution is 2.35. The van der Waals surface area contributed by atoms with Crippen LogP contribution in [0.25, 0.3) is 11.1 Å². The molecule has 3 aromatic rings. The zero-order valence-electron chi connectivity index (χ0n) is 17.5. The van der Waals surface area contributed by atoms with E-state index < -0.39 is 0 Å². The number of rotatable bonds is 5. The minimum Gasteiger partial charge on any atom is -0.486 e. The Balaban J connectivity index is 1.26. The van der Waals surface area contributed by atoms with Crippen LogP contribution >= 0.6 is 0 Å². The molecule has 0 atom stereocenters. The number of amides is 3. The van der Waals surface area contributed by atoms with E-state index in [2.05, 4.69) is 5.32 Å². The van der Waals surface area contributed by atoms with Gasteiger partial charge < -0.3 is 19.7 Å².